The zero-order chi connectivity index (χ0) is 22.5. The number of carbonyl (C=O) groups is 1. The molecule has 0 atom stereocenters. The number of ether oxygens (including phenoxy) is 2. The molecular formula is C25H31N3O3S. The van der Waals surface area contributed by atoms with Crippen LogP contribution in [0.5, 0.6) is 5.75 Å². The summed E-state index contributed by atoms with van der Waals surface area (Å²) in [5.74, 6) is 0.675. The standard InChI is InChI=1S/C25H31N3O3S/c1-18-15-20(3)24-21(16-18)26-25(32-24)28(10-6-9-27-11-13-30-14-12-27)23(29)17-31-22-8-5-4-7-19(22)2/h4-5,7-8,15-16H,6,9-14,17H2,1-3H3. The van der Waals surface area contributed by atoms with E-state index < -0.39 is 0 Å². The molecule has 0 spiro atoms. The summed E-state index contributed by atoms with van der Waals surface area (Å²) in [6.07, 6.45) is 0.879. The van der Waals surface area contributed by atoms with Crippen LogP contribution in [0.2, 0.25) is 0 Å². The molecule has 1 fully saturated rings. The van der Waals surface area contributed by atoms with Crippen molar-refractivity contribution in [3.8, 4) is 5.75 Å². The van der Waals surface area contributed by atoms with Gasteiger partial charge in [-0.05, 0) is 56.0 Å². The number of anilines is 1. The van der Waals surface area contributed by atoms with Crippen LogP contribution < -0.4 is 9.64 Å². The van der Waals surface area contributed by atoms with Crippen molar-refractivity contribution in [2.75, 3.05) is 50.9 Å². The highest BCUT2D eigenvalue weighted by Gasteiger charge is 2.22. The van der Waals surface area contributed by atoms with E-state index in [2.05, 4.69) is 30.9 Å². The number of benzene rings is 2. The van der Waals surface area contributed by atoms with E-state index in [0.717, 1.165) is 65.9 Å². The van der Waals surface area contributed by atoms with Gasteiger partial charge in [0.1, 0.15) is 5.75 Å². The minimum atomic E-state index is -0.0661. The van der Waals surface area contributed by atoms with E-state index in [1.54, 1.807) is 16.2 Å². The summed E-state index contributed by atoms with van der Waals surface area (Å²) < 4.78 is 12.5. The average molecular weight is 454 g/mol. The molecule has 7 heteroatoms. The fourth-order valence-electron chi connectivity index (χ4n) is 4.02. The number of aromatic nitrogens is 1. The van der Waals surface area contributed by atoms with Gasteiger partial charge in [-0.1, -0.05) is 35.6 Å². The Bertz CT molecular complexity index is 1080. The second kappa shape index (κ2) is 10.4. The van der Waals surface area contributed by atoms with Crippen molar-refractivity contribution in [3.63, 3.8) is 0 Å². The lowest BCUT2D eigenvalue weighted by atomic mass is 10.1. The Kier molecular flexibility index (Phi) is 7.40. The van der Waals surface area contributed by atoms with Gasteiger partial charge in [-0.3, -0.25) is 14.6 Å². The summed E-state index contributed by atoms with van der Waals surface area (Å²) in [6, 6.07) is 12.0. The summed E-state index contributed by atoms with van der Waals surface area (Å²) in [7, 11) is 0. The maximum absolute atomic E-state index is 13.3. The molecule has 1 aromatic heterocycles. The summed E-state index contributed by atoms with van der Waals surface area (Å²) >= 11 is 1.58. The summed E-state index contributed by atoms with van der Waals surface area (Å²) in [4.78, 5) is 22.3. The molecule has 1 amide bonds. The van der Waals surface area contributed by atoms with Gasteiger partial charge in [0.15, 0.2) is 11.7 Å². The first-order valence-electron chi connectivity index (χ1n) is 11.2. The number of fused-ring (bicyclic) bond motifs is 1. The molecule has 0 bridgehead atoms. The number of carbonyl (C=O) groups excluding carboxylic acids is 1. The third kappa shape index (κ3) is 5.46. The van der Waals surface area contributed by atoms with Crippen LogP contribution >= 0.6 is 11.3 Å². The van der Waals surface area contributed by atoms with Gasteiger partial charge >= 0.3 is 0 Å². The molecule has 1 aliphatic heterocycles. The third-order valence-electron chi connectivity index (χ3n) is 5.75. The van der Waals surface area contributed by atoms with Crippen molar-refractivity contribution in [1.82, 2.24) is 9.88 Å². The van der Waals surface area contributed by atoms with Gasteiger partial charge in [0.05, 0.1) is 23.4 Å². The predicted octanol–water partition coefficient (Wildman–Crippen LogP) is 4.36. The smallest absolute Gasteiger partial charge is 0.266 e. The molecule has 0 unspecified atom stereocenters. The summed E-state index contributed by atoms with van der Waals surface area (Å²) in [5, 5.41) is 0.745. The highest BCUT2D eigenvalue weighted by molar-refractivity contribution is 7.22. The van der Waals surface area contributed by atoms with Crippen molar-refractivity contribution >= 4 is 32.6 Å². The maximum Gasteiger partial charge on any atom is 0.266 e. The Morgan fingerprint density at radius 1 is 1.16 bits per heavy atom. The number of morpholine rings is 1. The van der Waals surface area contributed by atoms with E-state index >= 15 is 0 Å². The van der Waals surface area contributed by atoms with E-state index in [-0.39, 0.29) is 12.5 Å². The molecule has 2 heterocycles. The van der Waals surface area contributed by atoms with E-state index in [9.17, 15) is 4.79 Å². The normalized spacial score (nSPS) is 14.6. The third-order valence-corrected chi connectivity index (χ3v) is 6.97. The fourth-order valence-corrected chi connectivity index (χ4v) is 5.08. The van der Waals surface area contributed by atoms with Crippen LogP contribution in [0, 0.1) is 20.8 Å². The molecule has 6 nitrogen and oxygen atoms in total. The first-order chi connectivity index (χ1) is 15.5. The number of amides is 1. The first kappa shape index (κ1) is 22.7. The van der Waals surface area contributed by atoms with Crippen LogP contribution in [-0.4, -0.2) is 61.8 Å². The summed E-state index contributed by atoms with van der Waals surface area (Å²) in [5.41, 5.74) is 4.35. The minimum absolute atomic E-state index is 0.00363. The number of hydrogen-bond acceptors (Lipinski definition) is 6. The van der Waals surface area contributed by atoms with Gasteiger partial charge in [0, 0.05) is 26.2 Å². The molecular weight excluding hydrogens is 422 g/mol. The van der Waals surface area contributed by atoms with Crippen LogP contribution in [0.25, 0.3) is 10.2 Å². The molecule has 0 radical (unpaired) electrons. The molecule has 170 valence electrons. The number of thiazole rings is 1. The first-order valence-corrected chi connectivity index (χ1v) is 12.0. The topological polar surface area (TPSA) is 54.9 Å². The average Bonchev–Trinajstić information content (AvgIpc) is 3.20. The Balaban J connectivity index is 1.51. The van der Waals surface area contributed by atoms with Crippen molar-refractivity contribution < 1.29 is 14.3 Å². The van der Waals surface area contributed by atoms with Crippen LogP contribution in [0.1, 0.15) is 23.1 Å². The van der Waals surface area contributed by atoms with Crippen LogP contribution in [-0.2, 0) is 9.53 Å². The SMILES string of the molecule is Cc1cc(C)c2sc(N(CCCN3CCOCC3)C(=O)COc3ccccc3C)nc2c1. The van der Waals surface area contributed by atoms with Gasteiger partial charge < -0.3 is 9.47 Å². The molecule has 4 rings (SSSR count). The van der Waals surface area contributed by atoms with E-state index in [1.165, 1.54) is 11.1 Å². The van der Waals surface area contributed by atoms with Gasteiger partial charge in [0.2, 0.25) is 0 Å². The van der Waals surface area contributed by atoms with E-state index in [0.29, 0.717) is 6.54 Å². The van der Waals surface area contributed by atoms with E-state index in [1.807, 2.05) is 31.2 Å². The lowest BCUT2D eigenvalue weighted by molar-refractivity contribution is -0.120. The van der Waals surface area contributed by atoms with Crippen molar-refractivity contribution in [2.45, 2.75) is 27.2 Å². The lowest BCUT2D eigenvalue weighted by Gasteiger charge is -2.27. The fraction of sp³-hybridized carbons (Fsp3) is 0.440. The van der Waals surface area contributed by atoms with Gasteiger partial charge in [-0.25, -0.2) is 4.98 Å². The highest BCUT2D eigenvalue weighted by Crippen LogP contribution is 2.32. The van der Waals surface area contributed by atoms with Crippen molar-refractivity contribution in [2.24, 2.45) is 0 Å². The van der Waals surface area contributed by atoms with Gasteiger partial charge in [-0.15, -0.1) is 0 Å². The van der Waals surface area contributed by atoms with E-state index in [4.69, 9.17) is 14.5 Å². The second-order valence-corrected chi connectivity index (χ2v) is 9.31. The molecule has 0 N–H and O–H groups in total. The lowest BCUT2D eigenvalue weighted by Crippen LogP contribution is -2.40. The number of para-hydroxylation sites is 1. The number of hydrogen-bond donors (Lipinski definition) is 0. The van der Waals surface area contributed by atoms with Crippen LogP contribution in [0.15, 0.2) is 36.4 Å². The predicted molar refractivity (Wildman–Crippen MR) is 130 cm³/mol. The maximum atomic E-state index is 13.3. The molecule has 3 aromatic rings. The van der Waals surface area contributed by atoms with Gasteiger partial charge in [0.25, 0.3) is 5.91 Å². The van der Waals surface area contributed by atoms with Crippen LogP contribution in [0.3, 0.4) is 0 Å². The highest BCUT2D eigenvalue weighted by atomic mass is 32.1. The van der Waals surface area contributed by atoms with Crippen molar-refractivity contribution in [3.05, 3.63) is 53.1 Å². The molecule has 32 heavy (non-hydrogen) atoms. The Morgan fingerprint density at radius 2 is 1.94 bits per heavy atom. The second-order valence-electron chi connectivity index (χ2n) is 8.33. The molecule has 1 aliphatic rings. The quantitative estimate of drug-likeness (QED) is 0.507. The monoisotopic (exact) mass is 453 g/mol. The van der Waals surface area contributed by atoms with Gasteiger partial charge in [-0.2, -0.15) is 0 Å². The molecule has 0 saturated carbocycles. The molecule has 1 saturated heterocycles. The zero-order valence-electron chi connectivity index (χ0n) is 19.1. The van der Waals surface area contributed by atoms with Crippen molar-refractivity contribution in [1.29, 1.82) is 0 Å². The molecule has 2 aromatic carbocycles. The zero-order valence-corrected chi connectivity index (χ0v) is 19.9. The number of rotatable bonds is 8. The Morgan fingerprint density at radius 3 is 2.72 bits per heavy atom. The number of aryl methyl sites for hydroxylation is 3. The largest absolute Gasteiger partial charge is 0.483 e. The minimum Gasteiger partial charge on any atom is -0.483 e. The Hall–Kier alpha value is -2.48. The number of nitrogens with zero attached hydrogens (tertiary/aromatic N) is 3. The Labute approximate surface area is 193 Å². The summed E-state index contributed by atoms with van der Waals surface area (Å²) in [6.45, 7) is 11.2. The molecule has 0 aliphatic carbocycles. The van der Waals surface area contributed by atoms with Crippen LogP contribution in [0.4, 0.5) is 5.13 Å².